The number of carbonyl (C=O) groups excluding carboxylic acids is 1. The summed E-state index contributed by atoms with van der Waals surface area (Å²) in [6, 6.07) is 18.0. The van der Waals surface area contributed by atoms with Crippen LogP contribution in [0.25, 0.3) is 0 Å². The summed E-state index contributed by atoms with van der Waals surface area (Å²) in [5, 5.41) is 0. The Kier molecular flexibility index (Phi) is 2.78. The van der Waals surface area contributed by atoms with Gasteiger partial charge in [-0.15, -0.1) is 0 Å². The van der Waals surface area contributed by atoms with E-state index < -0.39 is 0 Å². The van der Waals surface area contributed by atoms with Crippen LogP contribution < -0.4 is 4.74 Å². The largest absolute Gasteiger partial charge is 0.459 e. The SMILES string of the molecule is O=C1C2=C(CN1Cc1ccccc1)Oc1ccccc1C2. The molecule has 0 atom stereocenters. The summed E-state index contributed by atoms with van der Waals surface area (Å²) in [6.07, 6.45) is 0.676. The fraction of sp³-hybridized carbons (Fsp3) is 0.167. The van der Waals surface area contributed by atoms with Crippen molar-refractivity contribution in [1.29, 1.82) is 0 Å². The fourth-order valence-corrected chi connectivity index (χ4v) is 2.92. The van der Waals surface area contributed by atoms with E-state index in [1.165, 1.54) is 0 Å². The third-order valence-corrected chi connectivity index (χ3v) is 4.01. The first-order chi connectivity index (χ1) is 10.3. The Labute approximate surface area is 123 Å². The molecule has 0 aromatic heterocycles. The first-order valence-electron chi connectivity index (χ1n) is 7.12. The molecule has 0 saturated carbocycles. The van der Waals surface area contributed by atoms with E-state index in [9.17, 15) is 4.79 Å². The summed E-state index contributed by atoms with van der Waals surface area (Å²) in [5.74, 6) is 1.79. The number of amides is 1. The maximum atomic E-state index is 12.5. The second-order valence-electron chi connectivity index (χ2n) is 5.44. The number of hydrogen-bond acceptors (Lipinski definition) is 2. The van der Waals surface area contributed by atoms with Crippen LogP contribution in [0.4, 0.5) is 0 Å². The summed E-state index contributed by atoms with van der Waals surface area (Å²) in [6.45, 7) is 1.20. The van der Waals surface area contributed by atoms with Crippen LogP contribution in [0.2, 0.25) is 0 Å². The van der Waals surface area contributed by atoms with Gasteiger partial charge in [0.15, 0.2) is 0 Å². The first-order valence-corrected chi connectivity index (χ1v) is 7.12. The third kappa shape index (κ3) is 2.11. The molecular weight excluding hydrogens is 262 g/mol. The molecule has 3 nitrogen and oxygen atoms in total. The van der Waals surface area contributed by atoms with Gasteiger partial charge >= 0.3 is 0 Å². The van der Waals surface area contributed by atoms with Gasteiger partial charge in [0.2, 0.25) is 0 Å². The van der Waals surface area contributed by atoms with Crippen LogP contribution in [-0.4, -0.2) is 17.4 Å². The van der Waals surface area contributed by atoms with Gasteiger partial charge in [-0.25, -0.2) is 0 Å². The van der Waals surface area contributed by atoms with E-state index in [0.29, 0.717) is 19.5 Å². The number of fused-ring (bicyclic) bond motifs is 1. The Balaban J connectivity index is 1.56. The minimum Gasteiger partial charge on any atom is -0.459 e. The quantitative estimate of drug-likeness (QED) is 0.844. The van der Waals surface area contributed by atoms with Crippen molar-refractivity contribution in [3.05, 3.63) is 77.1 Å². The smallest absolute Gasteiger partial charge is 0.254 e. The van der Waals surface area contributed by atoms with Crippen molar-refractivity contribution in [2.24, 2.45) is 0 Å². The Hall–Kier alpha value is -2.55. The molecule has 3 heteroatoms. The first kappa shape index (κ1) is 12.2. The van der Waals surface area contributed by atoms with E-state index >= 15 is 0 Å². The molecule has 0 radical (unpaired) electrons. The predicted octanol–water partition coefficient (Wildman–Crippen LogP) is 2.92. The molecule has 0 unspecified atom stereocenters. The topological polar surface area (TPSA) is 29.5 Å². The van der Waals surface area contributed by atoms with E-state index in [-0.39, 0.29) is 5.91 Å². The van der Waals surface area contributed by atoms with Crippen molar-refractivity contribution in [3.8, 4) is 5.75 Å². The summed E-state index contributed by atoms with van der Waals surface area (Å²) in [7, 11) is 0. The number of benzene rings is 2. The number of ether oxygens (including phenoxy) is 1. The molecule has 2 aliphatic rings. The van der Waals surface area contributed by atoms with Gasteiger partial charge < -0.3 is 9.64 Å². The minimum atomic E-state index is 0.100. The highest BCUT2D eigenvalue weighted by Crippen LogP contribution is 2.34. The van der Waals surface area contributed by atoms with E-state index in [2.05, 4.69) is 0 Å². The molecule has 4 rings (SSSR count). The molecule has 0 aliphatic carbocycles. The van der Waals surface area contributed by atoms with Crippen LogP contribution in [0.1, 0.15) is 11.1 Å². The average molecular weight is 277 g/mol. The van der Waals surface area contributed by atoms with Crippen molar-refractivity contribution in [2.45, 2.75) is 13.0 Å². The maximum Gasteiger partial charge on any atom is 0.254 e. The Morgan fingerprint density at radius 1 is 1.00 bits per heavy atom. The van der Waals surface area contributed by atoms with Crippen LogP contribution in [0.15, 0.2) is 65.9 Å². The molecule has 2 heterocycles. The third-order valence-electron chi connectivity index (χ3n) is 4.01. The van der Waals surface area contributed by atoms with Crippen molar-refractivity contribution in [1.82, 2.24) is 4.90 Å². The van der Waals surface area contributed by atoms with Crippen LogP contribution in [0.3, 0.4) is 0 Å². The van der Waals surface area contributed by atoms with Gasteiger partial charge in [0.25, 0.3) is 5.91 Å². The van der Waals surface area contributed by atoms with Gasteiger partial charge in [-0.1, -0.05) is 48.5 Å². The normalized spacial score (nSPS) is 16.6. The van der Waals surface area contributed by atoms with E-state index in [1.807, 2.05) is 59.5 Å². The zero-order valence-corrected chi connectivity index (χ0v) is 11.6. The Bertz CT molecular complexity index is 734. The molecule has 0 N–H and O–H groups in total. The van der Waals surface area contributed by atoms with Crippen LogP contribution in [-0.2, 0) is 17.8 Å². The molecule has 0 saturated heterocycles. The highest BCUT2D eigenvalue weighted by molar-refractivity contribution is 5.97. The molecule has 2 aliphatic heterocycles. The summed E-state index contributed by atoms with van der Waals surface area (Å²) < 4.78 is 5.91. The lowest BCUT2D eigenvalue weighted by atomic mass is 10.0. The molecule has 0 bridgehead atoms. The van der Waals surface area contributed by atoms with Crippen molar-refractivity contribution in [3.63, 3.8) is 0 Å². The molecular formula is C18H15NO2. The highest BCUT2D eigenvalue weighted by Gasteiger charge is 2.35. The van der Waals surface area contributed by atoms with Crippen LogP contribution in [0, 0.1) is 0 Å². The van der Waals surface area contributed by atoms with E-state index in [4.69, 9.17) is 4.74 Å². The van der Waals surface area contributed by atoms with E-state index in [0.717, 1.165) is 28.2 Å². The Morgan fingerprint density at radius 2 is 1.76 bits per heavy atom. The van der Waals surface area contributed by atoms with Gasteiger partial charge in [0.1, 0.15) is 11.5 Å². The summed E-state index contributed by atoms with van der Waals surface area (Å²) in [5.41, 5.74) is 3.04. The molecule has 0 spiro atoms. The molecule has 0 fully saturated rings. The van der Waals surface area contributed by atoms with Crippen molar-refractivity contribution < 1.29 is 9.53 Å². The molecule has 2 aromatic rings. The lowest BCUT2D eigenvalue weighted by Crippen LogP contribution is -2.27. The number of rotatable bonds is 2. The average Bonchev–Trinajstić information content (AvgIpc) is 2.82. The number of hydrogen-bond donors (Lipinski definition) is 0. The van der Waals surface area contributed by atoms with Gasteiger partial charge in [-0.05, 0) is 17.2 Å². The van der Waals surface area contributed by atoms with Gasteiger partial charge in [0.05, 0.1) is 12.1 Å². The summed E-state index contributed by atoms with van der Waals surface area (Å²) >= 11 is 0. The lowest BCUT2D eigenvalue weighted by molar-refractivity contribution is -0.126. The molecule has 1 amide bonds. The minimum absolute atomic E-state index is 0.100. The zero-order chi connectivity index (χ0) is 14.2. The number of carbonyl (C=O) groups is 1. The van der Waals surface area contributed by atoms with E-state index in [1.54, 1.807) is 0 Å². The number of para-hydroxylation sites is 1. The van der Waals surface area contributed by atoms with Crippen molar-refractivity contribution >= 4 is 5.91 Å². The lowest BCUT2D eigenvalue weighted by Gasteiger charge is -2.17. The molecule has 104 valence electrons. The van der Waals surface area contributed by atoms with Gasteiger partial charge in [-0.3, -0.25) is 4.79 Å². The molecule has 21 heavy (non-hydrogen) atoms. The van der Waals surface area contributed by atoms with Crippen LogP contribution in [0.5, 0.6) is 5.75 Å². The monoisotopic (exact) mass is 277 g/mol. The maximum absolute atomic E-state index is 12.5. The molecule has 2 aromatic carbocycles. The second-order valence-corrected chi connectivity index (χ2v) is 5.44. The predicted molar refractivity (Wildman–Crippen MR) is 79.7 cm³/mol. The fourth-order valence-electron chi connectivity index (χ4n) is 2.92. The van der Waals surface area contributed by atoms with Crippen LogP contribution >= 0.6 is 0 Å². The number of nitrogens with zero attached hydrogens (tertiary/aromatic N) is 1. The van der Waals surface area contributed by atoms with Crippen molar-refractivity contribution in [2.75, 3.05) is 6.54 Å². The highest BCUT2D eigenvalue weighted by atomic mass is 16.5. The standard InChI is InChI=1S/C18H15NO2/c20-18-15-10-14-8-4-5-9-16(14)21-17(15)12-19(18)11-13-6-2-1-3-7-13/h1-9H,10-12H2. The second kappa shape index (κ2) is 4.77. The Morgan fingerprint density at radius 3 is 2.62 bits per heavy atom. The zero-order valence-electron chi connectivity index (χ0n) is 11.6. The van der Waals surface area contributed by atoms with Gasteiger partial charge in [0, 0.05) is 13.0 Å². The van der Waals surface area contributed by atoms with Gasteiger partial charge in [-0.2, -0.15) is 0 Å². The summed E-state index contributed by atoms with van der Waals surface area (Å²) in [4.78, 5) is 14.4.